The lowest BCUT2D eigenvalue weighted by molar-refractivity contribution is 0.329. The minimum absolute atomic E-state index is 0.225. The largest absolute Gasteiger partial charge is 0.354 e. The molecule has 2 saturated carbocycles. The molecule has 152 valence electrons. The average molecular weight is 394 g/mol. The fourth-order valence-electron chi connectivity index (χ4n) is 4.43. The van der Waals surface area contributed by atoms with E-state index in [1.807, 2.05) is 18.3 Å². The van der Waals surface area contributed by atoms with Gasteiger partial charge in [0.2, 0.25) is 5.95 Å². The zero-order valence-corrected chi connectivity index (χ0v) is 16.6. The third-order valence-corrected chi connectivity index (χ3v) is 6.39. The molecule has 0 saturated heterocycles. The van der Waals surface area contributed by atoms with Crippen molar-refractivity contribution >= 4 is 17.0 Å². The van der Waals surface area contributed by atoms with Gasteiger partial charge in [-0.3, -0.25) is 0 Å². The molecule has 0 aliphatic heterocycles. The van der Waals surface area contributed by atoms with Gasteiger partial charge in [0, 0.05) is 42.0 Å². The molecule has 5 nitrogen and oxygen atoms in total. The van der Waals surface area contributed by atoms with E-state index in [1.54, 1.807) is 0 Å². The fraction of sp³-hybridized carbons (Fsp3) is 0.478. The molecular formula is C23H28FN5. The van der Waals surface area contributed by atoms with Crippen LogP contribution >= 0.6 is 0 Å². The molecule has 0 spiro atoms. The Balaban J connectivity index is 1.51. The molecule has 0 bridgehead atoms. The van der Waals surface area contributed by atoms with Crippen LogP contribution in [0.25, 0.3) is 22.2 Å². The van der Waals surface area contributed by atoms with Crippen molar-refractivity contribution in [1.29, 1.82) is 0 Å². The molecule has 5 rings (SSSR count). The summed E-state index contributed by atoms with van der Waals surface area (Å²) in [7, 11) is 0. The molecule has 0 amide bonds. The second kappa shape index (κ2) is 7.75. The first-order valence-corrected chi connectivity index (χ1v) is 10.8. The van der Waals surface area contributed by atoms with Gasteiger partial charge in [-0.1, -0.05) is 25.0 Å². The third-order valence-electron chi connectivity index (χ3n) is 6.39. The third kappa shape index (κ3) is 3.99. The molecule has 2 fully saturated rings. The quantitative estimate of drug-likeness (QED) is 0.625. The van der Waals surface area contributed by atoms with Crippen molar-refractivity contribution in [3.05, 3.63) is 42.5 Å². The molecular weight excluding hydrogens is 365 g/mol. The zero-order chi connectivity index (χ0) is 19.8. The Morgan fingerprint density at radius 2 is 1.83 bits per heavy atom. The highest BCUT2D eigenvalue weighted by Gasteiger charge is 2.24. The molecule has 2 aliphatic rings. The summed E-state index contributed by atoms with van der Waals surface area (Å²) in [5, 5.41) is 4.41. The van der Waals surface area contributed by atoms with E-state index in [0.717, 1.165) is 60.3 Å². The number of nitrogens with zero attached hydrogens (tertiary/aromatic N) is 3. The molecule has 3 aromatic rings. The van der Waals surface area contributed by atoms with E-state index >= 15 is 0 Å². The summed E-state index contributed by atoms with van der Waals surface area (Å²) in [5.74, 6) is 1.35. The van der Waals surface area contributed by atoms with Crippen LogP contribution in [0.5, 0.6) is 0 Å². The van der Waals surface area contributed by atoms with Crippen LogP contribution < -0.4 is 11.1 Å². The van der Waals surface area contributed by atoms with Crippen LogP contribution in [-0.4, -0.2) is 27.1 Å². The number of hydrogen-bond acceptors (Lipinski definition) is 4. The maximum absolute atomic E-state index is 13.4. The fourth-order valence-corrected chi connectivity index (χ4v) is 4.43. The van der Waals surface area contributed by atoms with E-state index < -0.39 is 0 Å². The lowest BCUT2D eigenvalue weighted by atomic mass is 9.92. The van der Waals surface area contributed by atoms with Gasteiger partial charge in [-0.05, 0) is 55.7 Å². The van der Waals surface area contributed by atoms with Crippen LogP contribution in [0.2, 0.25) is 0 Å². The first kappa shape index (κ1) is 18.6. The van der Waals surface area contributed by atoms with Crippen LogP contribution in [0.3, 0.4) is 0 Å². The number of benzene rings is 1. The van der Waals surface area contributed by atoms with E-state index in [9.17, 15) is 4.39 Å². The van der Waals surface area contributed by atoms with Gasteiger partial charge in [0.25, 0.3) is 0 Å². The highest BCUT2D eigenvalue weighted by atomic mass is 19.1. The molecule has 0 unspecified atom stereocenters. The monoisotopic (exact) mass is 393 g/mol. The van der Waals surface area contributed by atoms with Gasteiger partial charge in [0.05, 0.1) is 0 Å². The molecule has 0 radical (unpaired) electrons. The van der Waals surface area contributed by atoms with Crippen molar-refractivity contribution in [1.82, 2.24) is 14.5 Å². The minimum Gasteiger partial charge on any atom is -0.354 e. The summed E-state index contributed by atoms with van der Waals surface area (Å²) >= 11 is 0. The standard InChI is InChI=1S/C23H28FN5/c24-17-5-3-16(4-6-17)21-14-29(19-9-7-18(25)8-10-19)22-20(21)13-27-23(28-22)26-12-11-15-1-2-15/h3-6,13-15,18-19H,1-2,7-12,25H2,(H,26,27,28)/t18-,19-. The number of nitrogens with one attached hydrogen (secondary N) is 1. The maximum Gasteiger partial charge on any atom is 0.224 e. The summed E-state index contributed by atoms with van der Waals surface area (Å²) in [6.07, 6.45) is 12.2. The average Bonchev–Trinajstić information content (AvgIpc) is 3.48. The number of rotatable bonds is 6. The van der Waals surface area contributed by atoms with Crippen LogP contribution in [0.1, 0.15) is 51.0 Å². The van der Waals surface area contributed by atoms with Crippen molar-refractivity contribution < 1.29 is 4.39 Å². The number of hydrogen-bond donors (Lipinski definition) is 2. The molecule has 6 heteroatoms. The lowest BCUT2D eigenvalue weighted by Gasteiger charge is -2.27. The van der Waals surface area contributed by atoms with Crippen LogP contribution in [-0.2, 0) is 0 Å². The number of anilines is 1. The number of nitrogens with two attached hydrogens (primary N) is 1. The highest BCUT2D eigenvalue weighted by Crippen LogP contribution is 2.36. The Morgan fingerprint density at radius 3 is 2.55 bits per heavy atom. The van der Waals surface area contributed by atoms with Crippen molar-refractivity contribution in [2.24, 2.45) is 11.7 Å². The minimum atomic E-state index is -0.225. The van der Waals surface area contributed by atoms with Crippen molar-refractivity contribution in [3.63, 3.8) is 0 Å². The van der Waals surface area contributed by atoms with E-state index in [0.29, 0.717) is 18.0 Å². The van der Waals surface area contributed by atoms with Gasteiger partial charge < -0.3 is 15.6 Å². The highest BCUT2D eigenvalue weighted by molar-refractivity contribution is 5.94. The Labute approximate surface area is 170 Å². The first-order chi connectivity index (χ1) is 14.2. The van der Waals surface area contributed by atoms with Gasteiger partial charge in [-0.25, -0.2) is 9.37 Å². The molecule has 3 N–H and O–H groups in total. The molecule has 29 heavy (non-hydrogen) atoms. The van der Waals surface area contributed by atoms with Gasteiger partial charge in [0.1, 0.15) is 11.5 Å². The first-order valence-electron chi connectivity index (χ1n) is 10.8. The molecule has 0 atom stereocenters. The normalized spacial score (nSPS) is 22.1. The Kier molecular flexibility index (Phi) is 4.96. The molecule has 1 aromatic carbocycles. The van der Waals surface area contributed by atoms with Crippen molar-refractivity contribution in [3.8, 4) is 11.1 Å². The summed E-state index contributed by atoms with van der Waals surface area (Å²) in [4.78, 5) is 9.45. The van der Waals surface area contributed by atoms with Crippen molar-refractivity contribution in [2.75, 3.05) is 11.9 Å². The number of aromatic nitrogens is 3. The number of halogens is 1. The van der Waals surface area contributed by atoms with Gasteiger partial charge in [-0.15, -0.1) is 0 Å². The Hall–Kier alpha value is -2.47. The van der Waals surface area contributed by atoms with E-state index in [2.05, 4.69) is 21.1 Å². The summed E-state index contributed by atoms with van der Waals surface area (Å²) in [6.45, 7) is 0.917. The van der Waals surface area contributed by atoms with Crippen LogP contribution in [0.15, 0.2) is 36.7 Å². The predicted molar refractivity (Wildman–Crippen MR) is 114 cm³/mol. The van der Waals surface area contributed by atoms with Crippen LogP contribution in [0, 0.1) is 11.7 Å². The van der Waals surface area contributed by atoms with Gasteiger partial charge in [-0.2, -0.15) is 4.98 Å². The smallest absolute Gasteiger partial charge is 0.224 e. The predicted octanol–water partition coefficient (Wildman–Crippen LogP) is 4.89. The van der Waals surface area contributed by atoms with Crippen LogP contribution in [0.4, 0.5) is 10.3 Å². The summed E-state index contributed by atoms with van der Waals surface area (Å²) < 4.78 is 15.7. The maximum atomic E-state index is 13.4. The second-order valence-corrected chi connectivity index (χ2v) is 8.62. The van der Waals surface area contributed by atoms with E-state index in [1.165, 1.54) is 31.4 Å². The summed E-state index contributed by atoms with van der Waals surface area (Å²) in [6, 6.07) is 7.36. The van der Waals surface area contributed by atoms with Gasteiger partial charge in [0.15, 0.2) is 0 Å². The number of fused-ring (bicyclic) bond motifs is 1. The molecule has 2 aromatic heterocycles. The lowest BCUT2D eigenvalue weighted by Crippen LogP contribution is -2.27. The van der Waals surface area contributed by atoms with Crippen molar-refractivity contribution in [2.45, 2.75) is 57.0 Å². The molecule has 2 heterocycles. The molecule has 2 aliphatic carbocycles. The Bertz CT molecular complexity index is 984. The van der Waals surface area contributed by atoms with E-state index in [-0.39, 0.29) is 5.82 Å². The second-order valence-electron chi connectivity index (χ2n) is 8.62. The zero-order valence-electron chi connectivity index (χ0n) is 16.6. The Morgan fingerprint density at radius 1 is 1.07 bits per heavy atom. The van der Waals surface area contributed by atoms with Gasteiger partial charge >= 0.3 is 0 Å². The summed E-state index contributed by atoms with van der Waals surface area (Å²) in [5.41, 5.74) is 9.12. The van der Waals surface area contributed by atoms with E-state index in [4.69, 9.17) is 10.7 Å². The SMILES string of the molecule is N[C@H]1CC[C@H](n2cc(-c3ccc(F)cc3)c3cnc(NCCC4CC4)nc32)CC1. The topological polar surface area (TPSA) is 68.8 Å².